The Morgan fingerprint density at radius 3 is 2.52 bits per heavy atom. The van der Waals surface area contributed by atoms with Crippen LogP contribution < -0.4 is 5.32 Å². The number of carbonyl (C=O) groups is 1. The zero-order chi connectivity index (χ0) is 18.1. The lowest BCUT2D eigenvalue weighted by molar-refractivity contribution is -0.115. The van der Waals surface area contributed by atoms with Crippen molar-refractivity contribution in [2.75, 3.05) is 5.32 Å². The SMILES string of the molecule is Cc1cc2occ(CC(=O)Nc3ccc(C(C)C)cc3)c2c(C)c1Cl. The lowest BCUT2D eigenvalue weighted by atomic mass is 10.0. The minimum absolute atomic E-state index is 0.0731. The van der Waals surface area contributed by atoms with E-state index in [-0.39, 0.29) is 12.3 Å². The van der Waals surface area contributed by atoms with Crippen molar-refractivity contribution in [3.63, 3.8) is 0 Å². The van der Waals surface area contributed by atoms with E-state index in [2.05, 4.69) is 19.2 Å². The van der Waals surface area contributed by atoms with Crippen molar-refractivity contribution >= 4 is 34.2 Å². The van der Waals surface area contributed by atoms with Crippen LogP contribution in [-0.2, 0) is 11.2 Å². The van der Waals surface area contributed by atoms with Crippen molar-refractivity contribution in [1.82, 2.24) is 0 Å². The van der Waals surface area contributed by atoms with Crippen molar-refractivity contribution in [3.8, 4) is 0 Å². The molecule has 1 amide bonds. The normalized spacial score (nSPS) is 11.3. The summed E-state index contributed by atoms with van der Waals surface area (Å²) in [5, 5.41) is 4.60. The zero-order valence-corrected chi connectivity index (χ0v) is 15.7. The molecule has 3 nitrogen and oxygen atoms in total. The summed E-state index contributed by atoms with van der Waals surface area (Å²) in [4.78, 5) is 12.4. The van der Waals surface area contributed by atoms with E-state index in [9.17, 15) is 4.79 Å². The predicted molar refractivity (Wildman–Crippen MR) is 104 cm³/mol. The third-order valence-corrected chi connectivity index (χ3v) is 5.09. The number of nitrogens with one attached hydrogen (secondary N) is 1. The molecule has 130 valence electrons. The van der Waals surface area contributed by atoms with Crippen LogP contribution in [0.5, 0.6) is 0 Å². The van der Waals surface area contributed by atoms with E-state index in [1.54, 1.807) is 6.26 Å². The van der Waals surface area contributed by atoms with Crippen molar-refractivity contribution in [2.45, 2.75) is 40.0 Å². The van der Waals surface area contributed by atoms with Crippen LogP contribution in [0.25, 0.3) is 11.0 Å². The summed E-state index contributed by atoms with van der Waals surface area (Å²) < 4.78 is 5.62. The molecule has 0 bridgehead atoms. The first-order valence-corrected chi connectivity index (χ1v) is 8.80. The summed E-state index contributed by atoms with van der Waals surface area (Å²) in [7, 11) is 0. The van der Waals surface area contributed by atoms with Gasteiger partial charge in [-0.1, -0.05) is 37.6 Å². The van der Waals surface area contributed by atoms with E-state index < -0.39 is 0 Å². The molecule has 0 aliphatic carbocycles. The van der Waals surface area contributed by atoms with E-state index in [0.29, 0.717) is 5.92 Å². The summed E-state index contributed by atoms with van der Waals surface area (Å²) in [6, 6.07) is 9.87. The maximum atomic E-state index is 12.4. The second-order valence-electron chi connectivity index (χ2n) is 6.77. The van der Waals surface area contributed by atoms with E-state index in [4.69, 9.17) is 16.0 Å². The minimum Gasteiger partial charge on any atom is -0.464 e. The van der Waals surface area contributed by atoms with Crippen LogP contribution in [0.4, 0.5) is 5.69 Å². The lowest BCUT2D eigenvalue weighted by Gasteiger charge is -2.09. The van der Waals surface area contributed by atoms with E-state index >= 15 is 0 Å². The monoisotopic (exact) mass is 355 g/mol. The Bertz CT molecular complexity index is 923. The van der Waals surface area contributed by atoms with Gasteiger partial charge in [-0.2, -0.15) is 0 Å². The number of halogens is 1. The highest BCUT2D eigenvalue weighted by atomic mass is 35.5. The summed E-state index contributed by atoms with van der Waals surface area (Å²) in [6.07, 6.45) is 1.90. The fourth-order valence-corrected chi connectivity index (χ4v) is 3.22. The van der Waals surface area contributed by atoms with Gasteiger partial charge in [0.15, 0.2) is 0 Å². The summed E-state index contributed by atoms with van der Waals surface area (Å²) in [6.45, 7) is 8.20. The summed E-state index contributed by atoms with van der Waals surface area (Å²) >= 11 is 6.35. The molecule has 25 heavy (non-hydrogen) atoms. The van der Waals surface area contributed by atoms with Gasteiger partial charge in [0, 0.05) is 21.7 Å². The second-order valence-corrected chi connectivity index (χ2v) is 7.15. The molecule has 0 radical (unpaired) electrons. The maximum Gasteiger partial charge on any atom is 0.228 e. The highest BCUT2D eigenvalue weighted by Gasteiger charge is 2.16. The molecule has 3 rings (SSSR count). The van der Waals surface area contributed by atoms with Gasteiger partial charge in [-0.3, -0.25) is 4.79 Å². The van der Waals surface area contributed by atoms with Gasteiger partial charge in [0.05, 0.1) is 12.7 Å². The van der Waals surface area contributed by atoms with E-state index in [0.717, 1.165) is 38.4 Å². The predicted octanol–water partition coefficient (Wildman–Crippen LogP) is 6.01. The van der Waals surface area contributed by atoms with Crippen LogP contribution in [0.2, 0.25) is 5.02 Å². The first kappa shape index (κ1) is 17.6. The van der Waals surface area contributed by atoms with Gasteiger partial charge in [0.25, 0.3) is 0 Å². The molecular formula is C21H22ClNO2. The Balaban J connectivity index is 1.79. The number of hydrogen-bond acceptors (Lipinski definition) is 2. The average Bonchev–Trinajstić information content (AvgIpc) is 2.95. The summed E-state index contributed by atoms with van der Waals surface area (Å²) in [5.41, 5.74) is 5.60. The molecule has 4 heteroatoms. The van der Waals surface area contributed by atoms with Crippen LogP contribution in [0.15, 0.2) is 41.0 Å². The van der Waals surface area contributed by atoms with Gasteiger partial charge in [-0.05, 0) is 54.7 Å². The average molecular weight is 356 g/mol. The number of hydrogen-bond donors (Lipinski definition) is 1. The molecule has 1 heterocycles. The van der Waals surface area contributed by atoms with Gasteiger partial charge in [-0.25, -0.2) is 0 Å². The molecular weight excluding hydrogens is 334 g/mol. The number of benzene rings is 2. The largest absolute Gasteiger partial charge is 0.464 e. The number of anilines is 1. The molecule has 0 unspecified atom stereocenters. The van der Waals surface area contributed by atoms with Crippen molar-refractivity contribution in [3.05, 3.63) is 63.9 Å². The van der Waals surface area contributed by atoms with Gasteiger partial charge in [-0.15, -0.1) is 0 Å². The Kier molecular flexibility index (Phi) is 4.87. The Labute approximate surface area is 153 Å². The lowest BCUT2D eigenvalue weighted by Crippen LogP contribution is -2.14. The topological polar surface area (TPSA) is 42.2 Å². The molecule has 2 aromatic carbocycles. The maximum absolute atomic E-state index is 12.4. The minimum atomic E-state index is -0.0731. The van der Waals surface area contributed by atoms with Crippen molar-refractivity contribution in [2.24, 2.45) is 0 Å². The molecule has 0 spiro atoms. The van der Waals surface area contributed by atoms with Gasteiger partial charge in [0.2, 0.25) is 5.91 Å². The van der Waals surface area contributed by atoms with Gasteiger partial charge < -0.3 is 9.73 Å². The second kappa shape index (κ2) is 6.93. The van der Waals surface area contributed by atoms with E-state index in [1.807, 2.05) is 44.2 Å². The van der Waals surface area contributed by atoms with Crippen LogP contribution in [0, 0.1) is 13.8 Å². The number of fused-ring (bicyclic) bond motifs is 1. The molecule has 0 aliphatic rings. The number of furan rings is 1. The zero-order valence-electron chi connectivity index (χ0n) is 14.9. The van der Waals surface area contributed by atoms with E-state index in [1.165, 1.54) is 5.56 Å². The Morgan fingerprint density at radius 1 is 1.20 bits per heavy atom. The highest BCUT2D eigenvalue weighted by molar-refractivity contribution is 6.33. The fourth-order valence-electron chi connectivity index (χ4n) is 3.07. The molecule has 1 aromatic heterocycles. The number of carbonyl (C=O) groups excluding carboxylic acids is 1. The number of amides is 1. The number of aryl methyl sites for hydroxylation is 2. The first-order chi connectivity index (χ1) is 11.9. The van der Waals surface area contributed by atoms with Crippen LogP contribution in [0.1, 0.15) is 42.0 Å². The molecule has 1 N–H and O–H groups in total. The first-order valence-electron chi connectivity index (χ1n) is 8.42. The molecule has 3 aromatic rings. The smallest absolute Gasteiger partial charge is 0.228 e. The molecule has 0 atom stereocenters. The van der Waals surface area contributed by atoms with Crippen LogP contribution in [-0.4, -0.2) is 5.91 Å². The third kappa shape index (κ3) is 3.57. The summed E-state index contributed by atoms with van der Waals surface area (Å²) in [5.74, 6) is 0.398. The Hall–Kier alpha value is -2.26. The standard InChI is InChI=1S/C21H22ClNO2/c1-12(2)15-5-7-17(8-6-15)23-19(24)10-16-11-25-18-9-13(3)21(22)14(4)20(16)18/h5-9,11-12H,10H2,1-4H3,(H,23,24). The molecule has 0 aliphatic heterocycles. The van der Waals surface area contributed by atoms with Gasteiger partial charge >= 0.3 is 0 Å². The Morgan fingerprint density at radius 2 is 1.88 bits per heavy atom. The van der Waals surface area contributed by atoms with Crippen molar-refractivity contribution < 1.29 is 9.21 Å². The number of rotatable bonds is 4. The molecule has 0 fully saturated rings. The van der Waals surface area contributed by atoms with Crippen LogP contribution in [0.3, 0.4) is 0 Å². The molecule has 0 saturated carbocycles. The highest BCUT2D eigenvalue weighted by Crippen LogP contribution is 2.32. The third-order valence-electron chi connectivity index (χ3n) is 4.51. The van der Waals surface area contributed by atoms with Crippen molar-refractivity contribution in [1.29, 1.82) is 0 Å². The fraction of sp³-hybridized carbons (Fsp3) is 0.286. The quantitative estimate of drug-likeness (QED) is 0.622. The van der Waals surface area contributed by atoms with Crippen LogP contribution >= 0.6 is 11.6 Å². The van der Waals surface area contributed by atoms with Gasteiger partial charge in [0.1, 0.15) is 5.58 Å². The molecule has 0 saturated heterocycles.